The molecule has 1 N–H and O–H groups in total. The van der Waals surface area contributed by atoms with Gasteiger partial charge in [-0.1, -0.05) is 30.3 Å². The van der Waals surface area contributed by atoms with Crippen LogP contribution in [0.1, 0.15) is 29.3 Å². The van der Waals surface area contributed by atoms with Gasteiger partial charge in [0.25, 0.3) is 0 Å². The van der Waals surface area contributed by atoms with E-state index in [0.29, 0.717) is 17.6 Å². The number of nitrogens with zero attached hydrogens (tertiary/aromatic N) is 5. The number of hydrogen-bond acceptors (Lipinski definition) is 7. The van der Waals surface area contributed by atoms with Crippen molar-refractivity contribution in [2.75, 3.05) is 43.9 Å². The Morgan fingerprint density at radius 1 is 1.23 bits per heavy atom. The molecule has 31 heavy (non-hydrogen) atoms. The van der Waals surface area contributed by atoms with Crippen molar-refractivity contribution in [3.8, 4) is 11.1 Å². The van der Waals surface area contributed by atoms with Crippen molar-refractivity contribution in [3.05, 3.63) is 53.3 Å². The quantitative estimate of drug-likeness (QED) is 0.634. The molecule has 2 aromatic heterocycles. The highest BCUT2D eigenvalue weighted by atomic mass is 32.1. The minimum absolute atomic E-state index is 0.0186. The normalized spacial score (nSPS) is 16.8. The number of anilines is 2. The predicted molar refractivity (Wildman–Crippen MR) is 126 cm³/mol. The van der Waals surface area contributed by atoms with Gasteiger partial charge in [-0.15, -0.1) is 11.3 Å². The second-order valence-electron chi connectivity index (χ2n) is 8.13. The molecule has 1 aromatic carbocycles. The largest absolute Gasteiger partial charge is 0.347 e. The molecule has 1 fully saturated rings. The molecule has 1 amide bonds. The van der Waals surface area contributed by atoms with E-state index in [4.69, 9.17) is 4.98 Å². The zero-order valence-corrected chi connectivity index (χ0v) is 19.0. The highest BCUT2D eigenvalue weighted by Crippen LogP contribution is 2.33. The minimum Gasteiger partial charge on any atom is -0.347 e. The lowest BCUT2D eigenvalue weighted by atomic mass is 9.90. The minimum atomic E-state index is -0.0186. The summed E-state index contributed by atoms with van der Waals surface area (Å²) in [6.45, 7) is 4.05. The zero-order chi connectivity index (χ0) is 21.8. The van der Waals surface area contributed by atoms with E-state index < -0.39 is 0 Å². The number of piperidine rings is 1. The monoisotopic (exact) mass is 436 g/mol. The van der Waals surface area contributed by atoms with Crippen LogP contribution >= 0.6 is 11.3 Å². The van der Waals surface area contributed by atoms with Crippen LogP contribution in [0.15, 0.2) is 42.7 Å². The molecule has 0 bridgehead atoms. The van der Waals surface area contributed by atoms with E-state index in [1.54, 1.807) is 6.20 Å². The van der Waals surface area contributed by atoms with E-state index >= 15 is 0 Å². The first-order chi connectivity index (χ1) is 15.0. The Labute approximate surface area is 187 Å². The van der Waals surface area contributed by atoms with Gasteiger partial charge in [-0.3, -0.25) is 9.69 Å². The third-order valence-electron chi connectivity index (χ3n) is 5.42. The molecule has 0 saturated carbocycles. The number of thiazole rings is 1. The van der Waals surface area contributed by atoms with E-state index in [9.17, 15) is 4.79 Å². The second-order valence-corrected chi connectivity index (χ2v) is 9.36. The van der Waals surface area contributed by atoms with Gasteiger partial charge in [0, 0.05) is 49.4 Å². The Bertz CT molecular complexity index is 1040. The number of benzene rings is 1. The van der Waals surface area contributed by atoms with E-state index in [-0.39, 0.29) is 11.8 Å². The van der Waals surface area contributed by atoms with Gasteiger partial charge in [0.05, 0.1) is 12.2 Å². The summed E-state index contributed by atoms with van der Waals surface area (Å²) >= 11 is 1.50. The van der Waals surface area contributed by atoms with Gasteiger partial charge in [-0.2, -0.15) is 0 Å². The third kappa shape index (κ3) is 5.26. The second kappa shape index (κ2) is 9.53. The van der Waals surface area contributed by atoms with E-state index in [0.717, 1.165) is 47.6 Å². The number of aryl methyl sites for hydroxylation is 1. The van der Waals surface area contributed by atoms with Gasteiger partial charge in [0.15, 0.2) is 5.13 Å². The summed E-state index contributed by atoms with van der Waals surface area (Å²) in [6.07, 6.45) is 5.79. The molecule has 1 aliphatic rings. The molecule has 3 heterocycles. The number of carbonyl (C=O) groups is 1. The number of nitrogens with one attached hydrogen (secondary N) is 1. The SMILES string of the molecule is Cc1cnc(NC(=O)CN2CCCC(c3nc(N(C)C)ncc3-c3ccccc3)C2)s1. The average molecular weight is 437 g/mol. The maximum atomic E-state index is 12.5. The zero-order valence-electron chi connectivity index (χ0n) is 18.2. The molecule has 0 radical (unpaired) electrons. The van der Waals surface area contributed by atoms with Crippen LogP contribution in [0, 0.1) is 6.92 Å². The van der Waals surface area contributed by atoms with Crippen LogP contribution in [0.2, 0.25) is 0 Å². The van der Waals surface area contributed by atoms with Crippen LogP contribution in [-0.2, 0) is 4.79 Å². The maximum absolute atomic E-state index is 12.5. The number of carbonyl (C=O) groups excluding carboxylic acids is 1. The molecule has 162 valence electrons. The summed E-state index contributed by atoms with van der Waals surface area (Å²) in [7, 11) is 3.91. The van der Waals surface area contributed by atoms with Crippen LogP contribution in [0.25, 0.3) is 11.1 Å². The first-order valence-corrected chi connectivity index (χ1v) is 11.4. The van der Waals surface area contributed by atoms with Gasteiger partial charge < -0.3 is 10.2 Å². The first-order valence-electron chi connectivity index (χ1n) is 10.5. The first kappa shape index (κ1) is 21.4. The maximum Gasteiger partial charge on any atom is 0.240 e. The van der Waals surface area contributed by atoms with Crippen LogP contribution in [0.3, 0.4) is 0 Å². The molecule has 4 rings (SSSR count). The summed E-state index contributed by atoms with van der Waals surface area (Å²) in [5, 5.41) is 3.58. The van der Waals surface area contributed by atoms with Gasteiger partial charge in [0.2, 0.25) is 11.9 Å². The fourth-order valence-corrected chi connectivity index (χ4v) is 4.63. The number of rotatable bonds is 6. The van der Waals surface area contributed by atoms with Crippen LogP contribution in [0.4, 0.5) is 11.1 Å². The van der Waals surface area contributed by atoms with Crippen LogP contribution < -0.4 is 10.2 Å². The summed E-state index contributed by atoms with van der Waals surface area (Å²) in [4.78, 5) is 31.5. The molecule has 1 unspecified atom stereocenters. The standard InChI is InChI=1S/C23H28N6OS/c1-16-12-25-23(31-16)26-20(30)15-29-11-7-10-18(14-29)21-19(17-8-5-4-6-9-17)13-24-22(27-21)28(2)3/h4-6,8-9,12-13,18H,7,10-11,14-15H2,1-3H3,(H,25,26,30). The van der Waals surface area contributed by atoms with Gasteiger partial charge in [-0.25, -0.2) is 15.0 Å². The number of aromatic nitrogens is 3. The van der Waals surface area contributed by atoms with E-state index in [2.05, 4.69) is 32.3 Å². The lowest BCUT2D eigenvalue weighted by Gasteiger charge is -2.33. The molecule has 1 atom stereocenters. The van der Waals surface area contributed by atoms with Crippen molar-refractivity contribution in [3.63, 3.8) is 0 Å². The number of hydrogen-bond donors (Lipinski definition) is 1. The summed E-state index contributed by atoms with van der Waals surface area (Å²) in [5.41, 5.74) is 3.25. The molecular weight excluding hydrogens is 408 g/mol. The smallest absolute Gasteiger partial charge is 0.240 e. The average Bonchev–Trinajstić information content (AvgIpc) is 3.18. The fraction of sp³-hybridized carbons (Fsp3) is 0.391. The molecule has 1 saturated heterocycles. The lowest BCUT2D eigenvalue weighted by Crippen LogP contribution is -2.40. The molecule has 0 spiro atoms. The molecule has 7 nitrogen and oxygen atoms in total. The number of amides is 1. The molecular formula is C23H28N6OS. The van der Waals surface area contributed by atoms with E-state index in [1.165, 1.54) is 11.3 Å². The van der Waals surface area contributed by atoms with Crippen molar-refractivity contribution in [1.82, 2.24) is 19.9 Å². The predicted octanol–water partition coefficient (Wildman–Crippen LogP) is 3.79. The molecule has 1 aliphatic heterocycles. The summed E-state index contributed by atoms with van der Waals surface area (Å²) in [6, 6.07) is 10.3. The van der Waals surface area contributed by atoms with Crippen molar-refractivity contribution in [1.29, 1.82) is 0 Å². The Morgan fingerprint density at radius 2 is 2.03 bits per heavy atom. The van der Waals surface area contributed by atoms with Gasteiger partial charge >= 0.3 is 0 Å². The third-order valence-corrected chi connectivity index (χ3v) is 6.25. The summed E-state index contributed by atoms with van der Waals surface area (Å²) in [5.74, 6) is 0.944. The Hall–Kier alpha value is -2.84. The summed E-state index contributed by atoms with van der Waals surface area (Å²) < 4.78 is 0. The highest BCUT2D eigenvalue weighted by molar-refractivity contribution is 7.15. The van der Waals surface area contributed by atoms with Gasteiger partial charge in [-0.05, 0) is 31.9 Å². The van der Waals surface area contributed by atoms with E-state index in [1.807, 2.05) is 50.3 Å². The Morgan fingerprint density at radius 3 is 2.74 bits per heavy atom. The van der Waals surface area contributed by atoms with Crippen molar-refractivity contribution >= 4 is 28.3 Å². The fourth-order valence-electron chi connectivity index (χ4n) is 3.95. The lowest BCUT2D eigenvalue weighted by molar-refractivity contribution is -0.117. The van der Waals surface area contributed by atoms with Gasteiger partial charge in [0.1, 0.15) is 0 Å². The Balaban J connectivity index is 1.53. The van der Waals surface area contributed by atoms with Crippen molar-refractivity contribution in [2.24, 2.45) is 0 Å². The van der Waals surface area contributed by atoms with Crippen LogP contribution in [-0.4, -0.2) is 59.5 Å². The molecule has 3 aromatic rings. The number of likely N-dealkylation sites (tertiary alicyclic amines) is 1. The molecule has 8 heteroatoms. The van der Waals surface area contributed by atoms with Crippen molar-refractivity contribution < 1.29 is 4.79 Å². The van der Waals surface area contributed by atoms with Crippen LogP contribution in [0.5, 0.6) is 0 Å². The molecule has 0 aliphatic carbocycles. The topological polar surface area (TPSA) is 74.2 Å². The highest BCUT2D eigenvalue weighted by Gasteiger charge is 2.27. The van der Waals surface area contributed by atoms with Crippen molar-refractivity contribution in [2.45, 2.75) is 25.7 Å². The Kier molecular flexibility index (Phi) is 6.58.